The zero-order chi connectivity index (χ0) is 54.5. The minimum absolute atomic E-state index is 0.000358. The molecule has 0 radical (unpaired) electrons. The predicted molar refractivity (Wildman–Crippen MR) is 350 cm³/mol. The molecule has 4 aliphatic heterocycles. The van der Waals surface area contributed by atoms with E-state index in [9.17, 15) is 0 Å². The van der Waals surface area contributed by atoms with Crippen molar-refractivity contribution in [1.82, 2.24) is 0 Å². The standard InChI is InChI=1S/C74H49B2N5OSe/c1-8-26-50(27-9-1)77(51-28-10-2-11-29-51)57-44-65-71-66(45-57)81(56-38-20-7-21-39-56)73-59-40-22-25-43-70(59)83-74(73)76(71)62-48-61-63(49-64(62)79(65)54-34-16-5-17-35-54)80(55-36-18-6-19-37-55)67-46-58(47-69-72(67)75(61)60-41-23-24-42-68(60)82-69)78(52-30-12-3-13-31-52)53-32-14-4-15-33-53/h1-49H. The number of para-hydroxylation sites is 8. The molecule has 5 heterocycles. The molecule has 0 spiro atoms. The van der Waals surface area contributed by atoms with Gasteiger partial charge in [0.25, 0.3) is 0 Å². The van der Waals surface area contributed by atoms with Gasteiger partial charge in [0.15, 0.2) is 0 Å². The minimum atomic E-state index is -0.149. The maximum atomic E-state index is 7.25. The topological polar surface area (TPSA) is 25.4 Å². The van der Waals surface area contributed by atoms with E-state index in [1.807, 2.05) is 0 Å². The van der Waals surface area contributed by atoms with Crippen molar-refractivity contribution < 1.29 is 4.74 Å². The molecule has 17 rings (SSSR count). The van der Waals surface area contributed by atoms with E-state index in [2.05, 4.69) is 322 Å². The minimum Gasteiger partial charge on any atom is -0.0602 e. The van der Waals surface area contributed by atoms with E-state index in [0.717, 1.165) is 96.4 Å². The molecule has 0 atom stereocenters. The number of rotatable bonds is 9. The van der Waals surface area contributed by atoms with Gasteiger partial charge in [0.2, 0.25) is 0 Å². The van der Waals surface area contributed by atoms with E-state index in [-0.39, 0.29) is 27.9 Å². The molecule has 6 nitrogen and oxygen atoms in total. The molecule has 388 valence electrons. The number of fused-ring (bicyclic) bond motifs is 10. The Hall–Kier alpha value is -10.2. The van der Waals surface area contributed by atoms with Gasteiger partial charge in [0.1, 0.15) is 0 Å². The number of hydrogen-bond donors (Lipinski definition) is 0. The largest absolute Gasteiger partial charge is 0.0602 e. The van der Waals surface area contributed by atoms with Crippen LogP contribution in [0.5, 0.6) is 11.5 Å². The van der Waals surface area contributed by atoms with Crippen molar-refractivity contribution in [2.45, 2.75) is 0 Å². The van der Waals surface area contributed by atoms with Crippen LogP contribution in [0.1, 0.15) is 0 Å². The molecule has 0 saturated carbocycles. The number of benzene rings is 12. The Morgan fingerprint density at radius 1 is 0.301 bits per heavy atom. The van der Waals surface area contributed by atoms with Crippen LogP contribution in [0.4, 0.5) is 85.3 Å². The number of nitrogens with zero attached hydrogens (tertiary/aromatic N) is 5. The molecule has 0 fully saturated rings. The third kappa shape index (κ3) is 7.52. The summed E-state index contributed by atoms with van der Waals surface area (Å²) in [6.07, 6.45) is 0. The summed E-state index contributed by atoms with van der Waals surface area (Å²) in [4.78, 5) is 12.5. The van der Waals surface area contributed by atoms with Crippen molar-refractivity contribution >= 4 is 155 Å². The van der Waals surface area contributed by atoms with Crippen LogP contribution in [0, 0.1) is 0 Å². The number of hydrogen-bond acceptors (Lipinski definition) is 6. The molecule has 0 unspecified atom stereocenters. The smallest absolute Gasteiger partial charge is 0.0380 e. The monoisotopic (exact) mass is 1130 g/mol. The average Bonchev–Trinajstić information content (AvgIpc) is 1.75. The molecule has 0 bridgehead atoms. The van der Waals surface area contributed by atoms with Gasteiger partial charge >= 0.3 is 432 Å². The van der Waals surface area contributed by atoms with E-state index < -0.39 is 0 Å². The van der Waals surface area contributed by atoms with Crippen LogP contribution in [-0.2, 0) is 0 Å². The average molecular weight is 1120 g/mol. The maximum Gasteiger partial charge on any atom is -0.0380 e. The quantitative estimate of drug-likeness (QED) is 0.134. The van der Waals surface area contributed by atoms with Gasteiger partial charge in [0, 0.05) is 0 Å². The van der Waals surface area contributed by atoms with Gasteiger partial charge in [-0.05, 0) is 24.3 Å². The summed E-state index contributed by atoms with van der Waals surface area (Å²) in [5.41, 5.74) is 22.8. The normalized spacial score (nSPS) is 13.0. The molecule has 9 heteroatoms. The Labute approximate surface area is 489 Å². The van der Waals surface area contributed by atoms with Crippen LogP contribution in [-0.4, -0.2) is 27.9 Å². The zero-order valence-electron chi connectivity index (χ0n) is 45.0. The molecule has 0 amide bonds. The molecule has 0 N–H and O–H groups in total. The van der Waals surface area contributed by atoms with Gasteiger partial charge < -0.3 is 0 Å². The van der Waals surface area contributed by atoms with Gasteiger partial charge in [0.05, 0.1) is 0 Å². The van der Waals surface area contributed by atoms with E-state index in [0.29, 0.717) is 0 Å². The summed E-state index contributed by atoms with van der Waals surface area (Å²) < 4.78 is 10.1. The first-order chi connectivity index (χ1) is 41.2. The van der Waals surface area contributed by atoms with E-state index in [1.54, 1.807) is 0 Å². The number of ether oxygens (including phenoxy) is 1. The Balaban J connectivity index is 0.994. The molecule has 12 aromatic carbocycles. The molecular formula is C74H49B2N5OSe. The SMILES string of the molecule is c1ccc(N(c2ccccc2)c2cc3c4c(c2)N(c2ccccc2)c2cc5c(cc2B4c2ccccc2O3)B2c3[se]c4ccccc4c3N(c3ccccc3)c3cc(N(c4ccccc4)c4ccccc4)cc(c32)N5c2ccccc2)cc1. The second-order valence-electron chi connectivity index (χ2n) is 21.6. The first-order valence-electron chi connectivity index (χ1n) is 28.4. The van der Waals surface area contributed by atoms with E-state index >= 15 is 0 Å². The van der Waals surface area contributed by atoms with Gasteiger partial charge in [-0.3, -0.25) is 0 Å². The molecule has 1 aromatic heterocycles. The van der Waals surface area contributed by atoms with Crippen LogP contribution < -0.4 is 60.9 Å². The molecule has 0 saturated heterocycles. The first-order valence-corrected chi connectivity index (χ1v) is 30.1. The van der Waals surface area contributed by atoms with Crippen molar-refractivity contribution in [3.8, 4) is 11.5 Å². The summed E-state index contributed by atoms with van der Waals surface area (Å²) >= 11 is 0.000358. The van der Waals surface area contributed by atoms with Gasteiger partial charge in [-0.15, -0.1) is 0 Å². The third-order valence-electron chi connectivity index (χ3n) is 17.0. The number of anilines is 15. The summed E-state index contributed by atoms with van der Waals surface area (Å²) in [5.74, 6) is 1.73. The summed E-state index contributed by atoms with van der Waals surface area (Å²) in [6, 6.07) is 109. The Morgan fingerprint density at radius 2 is 0.711 bits per heavy atom. The van der Waals surface area contributed by atoms with Crippen molar-refractivity contribution in [3.05, 3.63) is 297 Å². The van der Waals surface area contributed by atoms with Crippen LogP contribution in [0.15, 0.2) is 297 Å². The Morgan fingerprint density at radius 3 is 1.24 bits per heavy atom. The molecule has 4 aliphatic rings. The zero-order valence-corrected chi connectivity index (χ0v) is 46.7. The maximum absolute atomic E-state index is 7.25. The van der Waals surface area contributed by atoms with Gasteiger partial charge in [-0.25, -0.2) is 0 Å². The predicted octanol–water partition coefficient (Wildman–Crippen LogP) is 15.3. The molecule has 0 aliphatic carbocycles. The third-order valence-corrected chi connectivity index (χ3v) is 19.5. The molecule has 13 aromatic rings. The second-order valence-corrected chi connectivity index (χ2v) is 23.9. The van der Waals surface area contributed by atoms with E-state index in [1.165, 1.54) is 41.7 Å². The van der Waals surface area contributed by atoms with Crippen LogP contribution >= 0.6 is 0 Å². The summed E-state index contributed by atoms with van der Waals surface area (Å²) in [5, 5.41) is 1.31. The van der Waals surface area contributed by atoms with Crippen LogP contribution in [0.3, 0.4) is 0 Å². The van der Waals surface area contributed by atoms with Gasteiger partial charge in [-0.2, -0.15) is 0 Å². The fourth-order valence-corrected chi connectivity index (χ4v) is 16.4. The Bertz CT molecular complexity index is 4550. The molecular weight excluding hydrogens is 1080 g/mol. The van der Waals surface area contributed by atoms with Crippen molar-refractivity contribution in [3.63, 3.8) is 0 Å². The Kier molecular flexibility index (Phi) is 11.0. The van der Waals surface area contributed by atoms with Crippen molar-refractivity contribution in [1.29, 1.82) is 0 Å². The fourth-order valence-electron chi connectivity index (χ4n) is 13.6. The first kappa shape index (κ1) is 47.6. The van der Waals surface area contributed by atoms with Crippen LogP contribution in [0.2, 0.25) is 0 Å². The van der Waals surface area contributed by atoms with Crippen molar-refractivity contribution in [2.24, 2.45) is 0 Å². The summed E-state index contributed by atoms with van der Waals surface area (Å²) in [7, 11) is 0. The fraction of sp³-hybridized carbons (Fsp3) is 0. The van der Waals surface area contributed by atoms with Crippen molar-refractivity contribution in [2.75, 3.05) is 24.5 Å². The van der Waals surface area contributed by atoms with Gasteiger partial charge in [-0.1, -0.05) is 36.4 Å². The summed E-state index contributed by atoms with van der Waals surface area (Å²) in [6.45, 7) is -0.226. The van der Waals surface area contributed by atoms with E-state index in [4.69, 9.17) is 4.74 Å². The van der Waals surface area contributed by atoms with Crippen LogP contribution in [0.25, 0.3) is 9.65 Å². The molecule has 83 heavy (non-hydrogen) atoms. The second kappa shape index (κ2) is 19.2.